The zero-order chi connectivity index (χ0) is 37.6. The van der Waals surface area contributed by atoms with Crippen molar-refractivity contribution in [2.24, 2.45) is 0 Å². The van der Waals surface area contributed by atoms with Gasteiger partial charge in [-0.2, -0.15) is 0 Å². The van der Waals surface area contributed by atoms with Gasteiger partial charge in [0.15, 0.2) is 11.6 Å². The van der Waals surface area contributed by atoms with E-state index in [4.69, 9.17) is 5.11 Å². The van der Waals surface area contributed by atoms with Gasteiger partial charge in [0.1, 0.15) is 0 Å². The fourth-order valence-corrected chi connectivity index (χ4v) is 6.78. The smallest absolute Gasteiger partial charge is 0.198 e. The Morgan fingerprint density at radius 3 is 0.667 bits per heavy atom. The number of hydrogen-bond donors (Lipinski definition) is 1. The summed E-state index contributed by atoms with van der Waals surface area (Å²) in [6.07, 6.45) is 54.2. The lowest BCUT2D eigenvalue weighted by atomic mass is 10.0. The molecule has 3 nitrogen and oxygen atoms in total. The maximum atomic E-state index is 12.1. The molecule has 1 N–H and O–H groups in total. The van der Waals surface area contributed by atoms with Crippen LogP contribution in [-0.4, -0.2) is 23.3 Å². The molecule has 0 bridgehead atoms. The Morgan fingerprint density at radius 2 is 0.471 bits per heavy atom. The number of rotatable bonds is 43. The lowest BCUT2D eigenvalue weighted by Gasteiger charge is -2.04. The van der Waals surface area contributed by atoms with Crippen LogP contribution in [0.3, 0.4) is 0 Å². The summed E-state index contributed by atoms with van der Waals surface area (Å²) in [5, 5.41) is 8.62. The molecule has 0 spiro atoms. The van der Waals surface area contributed by atoms with Crippen LogP contribution in [0, 0.1) is 0 Å². The first-order chi connectivity index (χ1) is 25.1. The van der Waals surface area contributed by atoms with E-state index < -0.39 is 0 Å². The zero-order valence-electron chi connectivity index (χ0n) is 34.4. The van der Waals surface area contributed by atoms with Crippen molar-refractivity contribution >= 4 is 11.6 Å². The van der Waals surface area contributed by atoms with Gasteiger partial charge in [-0.05, 0) is 57.8 Å². The average molecular weight is 715 g/mol. The molecular formula is C48H90O3. The van der Waals surface area contributed by atoms with Gasteiger partial charge in [-0.15, -0.1) is 19.7 Å². The molecule has 0 unspecified atom stereocenters. The highest BCUT2D eigenvalue weighted by molar-refractivity contribution is 6.37. The van der Waals surface area contributed by atoms with Gasteiger partial charge in [0, 0.05) is 19.4 Å². The lowest BCUT2D eigenvalue weighted by Crippen LogP contribution is -2.13. The molecule has 0 aliphatic carbocycles. The number of Topliss-reactive ketones (excluding diaryl/α,β-unsaturated/α-hetero) is 2. The quantitative estimate of drug-likeness (QED) is 0.0389. The molecule has 3 heteroatoms. The minimum Gasteiger partial charge on any atom is -0.396 e. The molecule has 0 aromatic carbocycles. The van der Waals surface area contributed by atoms with Gasteiger partial charge in [0.05, 0.1) is 0 Å². The fraction of sp³-hybridized carbons (Fsp3) is 0.833. The van der Waals surface area contributed by atoms with Crippen molar-refractivity contribution in [3.63, 3.8) is 0 Å². The first-order valence-corrected chi connectivity index (χ1v) is 22.6. The van der Waals surface area contributed by atoms with Crippen molar-refractivity contribution in [2.45, 2.75) is 250 Å². The number of carbonyl (C=O) groups excluding carboxylic acids is 2. The van der Waals surface area contributed by atoms with E-state index in [1.54, 1.807) is 0 Å². The van der Waals surface area contributed by atoms with E-state index in [1.807, 2.05) is 18.2 Å². The topological polar surface area (TPSA) is 54.4 Å². The lowest BCUT2D eigenvalue weighted by molar-refractivity contribution is -0.136. The predicted octanol–water partition coefficient (Wildman–Crippen LogP) is 15.9. The Bertz CT molecular complexity index is 726. The molecule has 0 amide bonds. The van der Waals surface area contributed by atoms with E-state index >= 15 is 0 Å². The summed E-state index contributed by atoms with van der Waals surface area (Å²) in [4.78, 5) is 24.1. The first-order valence-electron chi connectivity index (χ1n) is 22.6. The third kappa shape index (κ3) is 48.5. The highest BCUT2D eigenvalue weighted by Gasteiger charge is 2.12. The average Bonchev–Trinajstić information content (AvgIpc) is 3.14. The summed E-state index contributed by atoms with van der Waals surface area (Å²) in [6, 6.07) is 0. The van der Waals surface area contributed by atoms with Crippen molar-refractivity contribution in [1.82, 2.24) is 0 Å². The number of aliphatic hydroxyl groups excluding tert-OH is 1. The minimum absolute atomic E-state index is 0.119. The summed E-state index contributed by atoms with van der Waals surface area (Å²) < 4.78 is 0. The van der Waals surface area contributed by atoms with Gasteiger partial charge >= 0.3 is 0 Å². The maximum Gasteiger partial charge on any atom is 0.198 e. The van der Waals surface area contributed by atoms with Gasteiger partial charge in [0.2, 0.25) is 0 Å². The number of carbonyl (C=O) groups is 2. The number of ketones is 2. The van der Waals surface area contributed by atoms with Gasteiger partial charge in [-0.25, -0.2) is 0 Å². The Labute approximate surface area is 320 Å². The van der Waals surface area contributed by atoms with Crippen molar-refractivity contribution in [2.75, 3.05) is 6.61 Å². The monoisotopic (exact) mass is 715 g/mol. The summed E-state index contributed by atoms with van der Waals surface area (Å²) in [7, 11) is 0. The molecule has 300 valence electrons. The van der Waals surface area contributed by atoms with Gasteiger partial charge in [-0.3, -0.25) is 9.59 Å². The third-order valence-electron chi connectivity index (χ3n) is 10.3. The van der Waals surface area contributed by atoms with Crippen LogP contribution in [0.1, 0.15) is 250 Å². The molecular weight excluding hydrogens is 625 g/mol. The molecule has 0 aromatic heterocycles. The van der Waals surface area contributed by atoms with Crippen LogP contribution in [0.25, 0.3) is 0 Å². The van der Waals surface area contributed by atoms with Crippen LogP contribution in [0.5, 0.6) is 0 Å². The van der Waals surface area contributed by atoms with Gasteiger partial charge < -0.3 is 5.11 Å². The van der Waals surface area contributed by atoms with E-state index in [9.17, 15) is 9.59 Å². The van der Waals surface area contributed by atoms with E-state index in [-0.39, 0.29) is 11.6 Å². The second kappa shape index (κ2) is 48.5. The predicted molar refractivity (Wildman–Crippen MR) is 228 cm³/mol. The Hall–Kier alpha value is -1.48. The molecule has 0 aliphatic rings. The molecule has 0 atom stereocenters. The SMILES string of the molecule is C=CCCCCCCCCCCCCCCC(=O)C(=O)CCCCCCCCCCCCCC=C.C=CCCCCCCCCCCCCCO. The molecule has 0 saturated heterocycles. The molecule has 0 saturated carbocycles. The maximum absolute atomic E-state index is 12.1. The molecule has 0 radical (unpaired) electrons. The highest BCUT2D eigenvalue weighted by atomic mass is 16.3. The van der Waals surface area contributed by atoms with Crippen LogP contribution in [-0.2, 0) is 9.59 Å². The standard InChI is InChI=1S/C33H60O2.C15H30O/c1-3-5-7-9-11-13-15-17-19-21-23-25-27-29-31-33(35)32(34)30-28-26-24-22-20-18-16-14-12-10-8-6-4-2;1-2-3-4-5-6-7-8-9-10-11-12-13-14-15-16/h3-4H,1-2,5-31H2;2,16H,1,3-15H2. The number of allylic oxidation sites excluding steroid dienone is 3. The van der Waals surface area contributed by atoms with Crippen LogP contribution < -0.4 is 0 Å². The summed E-state index contributed by atoms with van der Waals surface area (Å²) in [5.41, 5.74) is 0. The van der Waals surface area contributed by atoms with E-state index in [2.05, 4.69) is 19.7 Å². The molecule has 0 rings (SSSR count). The molecule has 0 aliphatic heterocycles. The Kier molecular flexibility index (Phi) is 49.1. The van der Waals surface area contributed by atoms with Crippen LogP contribution in [0.2, 0.25) is 0 Å². The van der Waals surface area contributed by atoms with Crippen LogP contribution in [0.4, 0.5) is 0 Å². The van der Waals surface area contributed by atoms with Gasteiger partial charge in [-0.1, -0.05) is 198 Å². The van der Waals surface area contributed by atoms with E-state index in [0.717, 1.165) is 44.9 Å². The highest BCUT2D eigenvalue weighted by Crippen LogP contribution is 2.16. The largest absolute Gasteiger partial charge is 0.396 e. The van der Waals surface area contributed by atoms with Crippen molar-refractivity contribution in [1.29, 1.82) is 0 Å². The van der Waals surface area contributed by atoms with Crippen LogP contribution >= 0.6 is 0 Å². The van der Waals surface area contributed by atoms with E-state index in [1.165, 1.54) is 193 Å². The van der Waals surface area contributed by atoms with Crippen molar-refractivity contribution in [3.05, 3.63) is 38.0 Å². The summed E-state index contributed by atoms with van der Waals surface area (Å²) in [5.74, 6) is -0.239. The molecule has 51 heavy (non-hydrogen) atoms. The number of aliphatic hydroxyl groups is 1. The molecule has 0 aromatic rings. The molecule has 0 heterocycles. The van der Waals surface area contributed by atoms with E-state index in [0.29, 0.717) is 19.4 Å². The Morgan fingerprint density at radius 1 is 0.294 bits per heavy atom. The van der Waals surface area contributed by atoms with Crippen LogP contribution in [0.15, 0.2) is 38.0 Å². The molecule has 0 fully saturated rings. The fourth-order valence-electron chi connectivity index (χ4n) is 6.78. The third-order valence-corrected chi connectivity index (χ3v) is 10.3. The second-order valence-electron chi connectivity index (χ2n) is 15.3. The summed E-state index contributed by atoms with van der Waals surface area (Å²) in [6.45, 7) is 11.6. The number of hydrogen-bond acceptors (Lipinski definition) is 3. The normalized spacial score (nSPS) is 10.8. The Balaban J connectivity index is 0. The minimum atomic E-state index is -0.119. The number of unbranched alkanes of at least 4 members (excludes halogenated alkanes) is 34. The second-order valence-corrected chi connectivity index (χ2v) is 15.3. The van der Waals surface area contributed by atoms with Crippen molar-refractivity contribution in [3.8, 4) is 0 Å². The van der Waals surface area contributed by atoms with Gasteiger partial charge in [0.25, 0.3) is 0 Å². The van der Waals surface area contributed by atoms with Crippen molar-refractivity contribution < 1.29 is 14.7 Å². The summed E-state index contributed by atoms with van der Waals surface area (Å²) >= 11 is 0. The zero-order valence-corrected chi connectivity index (χ0v) is 34.4. The first kappa shape index (κ1) is 51.6.